The van der Waals surface area contributed by atoms with E-state index in [1.807, 2.05) is 0 Å². The van der Waals surface area contributed by atoms with Crippen LogP contribution in [-0.4, -0.2) is 11.0 Å². The van der Waals surface area contributed by atoms with E-state index < -0.39 is 28.6 Å². The zero-order valence-electron chi connectivity index (χ0n) is 14.4. The molecule has 29 heavy (non-hydrogen) atoms. The minimum absolute atomic E-state index is 0.155. The van der Waals surface area contributed by atoms with Crippen LogP contribution in [0.2, 0.25) is 5.02 Å². The first-order valence-electron chi connectivity index (χ1n) is 8.04. The number of ether oxygens (including phenoxy) is 1. The third-order valence-electron chi connectivity index (χ3n) is 3.60. The second-order valence-electron chi connectivity index (χ2n) is 5.70. The highest BCUT2D eigenvalue weighted by Gasteiger charge is 2.33. The molecule has 0 saturated carbocycles. The smallest absolute Gasteiger partial charge is 0.417 e. The number of nitrogens with one attached hydrogen (secondary N) is 2. The Morgan fingerprint density at radius 1 is 0.966 bits per heavy atom. The molecule has 0 spiro atoms. The Labute approximate surface area is 167 Å². The summed E-state index contributed by atoms with van der Waals surface area (Å²) in [5.41, 5.74) is -1.44. The number of hydrogen-bond donors (Lipinski definition) is 2. The summed E-state index contributed by atoms with van der Waals surface area (Å²) >= 11 is 5.53. The quantitative estimate of drug-likeness (QED) is 0.480. The zero-order valence-corrected chi connectivity index (χ0v) is 15.2. The maximum Gasteiger partial charge on any atom is 0.417 e. The van der Waals surface area contributed by atoms with Gasteiger partial charge in [0.25, 0.3) is 0 Å². The van der Waals surface area contributed by atoms with Crippen LogP contribution in [0, 0.1) is 5.82 Å². The Kier molecular flexibility index (Phi) is 5.88. The Bertz CT molecular complexity index is 1030. The maximum atomic E-state index is 14.2. The third kappa shape index (κ3) is 5.35. The molecule has 0 saturated heterocycles. The summed E-state index contributed by atoms with van der Waals surface area (Å²) in [6, 6.07) is 8.85. The molecule has 0 fully saturated rings. The fourth-order valence-corrected chi connectivity index (χ4v) is 2.53. The summed E-state index contributed by atoms with van der Waals surface area (Å²) in [6.07, 6.45) is -1.66. The van der Waals surface area contributed by atoms with Crippen molar-refractivity contribution in [2.45, 2.75) is 6.18 Å². The van der Waals surface area contributed by atoms with Gasteiger partial charge >= 0.3 is 12.2 Å². The van der Waals surface area contributed by atoms with Crippen LogP contribution in [-0.2, 0) is 6.18 Å². The Morgan fingerprint density at radius 2 is 1.69 bits per heavy atom. The van der Waals surface area contributed by atoms with Crippen molar-refractivity contribution < 1.29 is 27.1 Å². The lowest BCUT2D eigenvalue weighted by Crippen LogP contribution is -2.20. The Balaban J connectivity index is 1.68. The lowest BCUT2D eigenvalue weighted by molar-refractivity contribution is -0.137. The molecule has 0 unspecified atom stereocenters. The lowest BCUT2D eigenvalue weighted by Gasteiger charge is -2.13. The number of hydrogen-bond acceptors (Lipinski definition) is 3. The normalized spacial score (nSPS) is 11.1. The molecule has 1 aromatic heterocycles. The van der Waals surface area contributed by atoms with E-state index in [0.29, 0.717) is 11.8 Å². The highest BCUT2D eigenvalue weighted by molar-refractivity contribution is 6.31. The Hall–Kier alpha value is -3.33. The minimum atomic E-state index is -4.68. The van der Waals surface area contributed by atoms with Crippen LogP contribution in [0.5, 0.6) is 11.5 Å². The number of alkyl halides is 3. The summed E-state index contributed by atoms with van der Waals surface area (Å²) < 4.78 is 58.3. The Morgan fingerprint density at radius 3 is 2.34 bits per heavy atom. The summed E-state index contributed by atoms with van der Waals surface area (Å²) in [7, 11) is 0. The van der Waals surface area contributed by atoms with E-state index in [1.165, 1.54) is 30.6 Å². The van der Waals surface area contributed by atoms with Crippen LogP contribution in [0.15, 0.2) is 60.9 Å². The number of urea groups is 1. The van der Waals surface area contributed by atoms with Gasteiger partial charge in [0.15, 0.2) is 0 Å². The van der Waals surface area contributed by atoms with Crippen LogP contribution in [0.25, 0.3) is 0 Å². The van der Waals surface area contributed by atoms with Crippen LogP contribution in [0.1, 0.15) is 5.56 Å². The number of carbonyl (C=O) groups excluding carboxylic acids is 1. The van der Waals surface area contributed by atoms with Gasteiger partial charge in [-0.3, -0.25) is 4.98 Å². The lowest BCUT2D eigenvalue weighted by atomic mass is 10.2. The van der Waals surface area contributed by atoms with Gasteiger partial charge in [0, 0.05) is 24.1 Å². The van der Waals surface area contributed by atoms with Gasteiger partial charge in [0.05, 0.1) is 16.3 Å². The molecule has 3 aromatic rings. The molecule has 0 bridgehead atoms. The van der Waals surface area contributed by atoms with Crippen molar-refractivity contribution in [2.24, 2.45) is 0 Å². The van der Waals surface area contributed by atoms with Crippen molar-refractivity contribution in [2.75, 3.05) is 10.6 Å². The average molecular weight is 426 g/mol. The molecule has 0 aliphatic heterocycles. The number of benzene rings is 2. The van der Waals surface area contributed by atoms with Gasteiger partial charge in [-0.05, 0) is 42.5 Å². The molecular weight excluding hydrogens is 414 g/mol. The molecule has 0 aliphatic rings. The van der Waals surface area contributed by atoms with Crippen molar-refractivity contribution >= 4 is 29.0 Å². The van der Waals surface area contributed by atoms with Crippen molar-refractivity contribution in [3.05, 3.63) is 77.3 Å². The number of pyridine rings is 1. The van der Waals surface area contributed by atoms with Gasteiger partial charge < -0.3 is 15.4 Å². The molecule has 1 heterocycles. The second-order valence-corrected chi connectivity index (χ2v) is 6.11. The molecular formula is C19H12ClF4N3O2. The number of amides is 2. The van der Waals surface area contributed by atoms with Crippen LogP contribution in [0.4, 0.5) is 33.7 Å². The van der Waals surface area contributed by atoms with Gasteiger partial charge in [-0.15, -0.1) is 0 Å². The molecule has 0 radical (unpaired) electrons. The van der Waals surface area contributed by atoms with E-state index in [1.54, 1.807) is 12.1 Å². The number of anilines is 2. The van der Waals surface area contributed by atoms with Crippen molar-refractivity contribution in [3.8, 4) is 11.5 Å². The van der Waals surface area contributed by atoms with Gasteiger partial charge in [-0.25, -0.2) is 9.18 Å². The fourth-order valence-electron chi connectivity index (χ4n) is 2.31. The first kappa shape index (κ1) is 20.4. The van der Waals surface area contributed by atoms with Crippen LogP contribution < -0.4 is 15.4 Å². The summed E-state index contributed by atoms with van der Waals surface area (Å²) in [4.78, 5) is 15.8. The van der Waals surface area contributed by atoms with Gasteiger partial charge in [-0.2, -0.15) is 13.2 Å². The second kappa shape index (κ2) is 8.36. The number of rotatable bonds is 4. The topological polar surface area (TPSA) is 63.2 Å². The highest BCUT2D eigenvalue weighted by Crippen LogP contribution is 2.36. The standard InChI is InChI=1S/C19H12ClF4N3O2/c20-15-3-1-11(9-14(15)19(22,23)24)26-18(28)27-17-4-2-13(10-16(17)21)29-12-5-7-25-8-6-12/h1-10H,(H2,26,27,28). The van der Waals surface area contributed by atoms with E-state index in [4.69, 9.17) is 16.3 Å². The molecule has 2 aromatic carbocycles. The summed E-state index contributed by atoms with van der Waals surface area (Å²) in [5, 5.41) is 3.92. The molecule has 0 aliphatic carbocycles. The van der Waals surface area contributed by atoms with E-state index in [9.17, 15) is 22.4 Å². The third-order valence-corrected chi connectivity index (χ3v) is 3.93. The fraction of sp³-hybridized carbons (Fsp3) is 0.0526. The molecule has 2 amide bonds. The maximum absolute atomic E-state index is 14.2. The first-order chi connectivity index (χ1) is 13.7. The van der Waals surface area contributed by atoms with Gasteiger partial charge in [0.2, 0.25) is 0 Å². The highest BCUT2D eigenvalue weighted by atomic mass is 35.5. The SMILES string of the molecule is O=C(Nc1ccc(Cl)c(C(F)(F)F)c1)Nc1ccc(Oc2ccncc2)cc1F. The van der Waals surface area contributed by atoms with Gasteiger partial charge in [-0.1, -0.05) is 11.6 Å². The molecule has 3 rings (SSSR count). The molecule has 5 nitrogen and oxygen atoms in total. The number of carbonyl (C=O) groups is 1. The van der Waals surface area contributed by atoms with E-state index in [0.717, 1.165) is 12.1 Å². The number of halogens is 5. The minimum Gasteiger partial charge on any atom is -0.457 e. The van der Waals surface area contributed by atoms with E-state index in [2.05, 4.69) is 15.6 Å². The van der Waals surface area contributed by atoms with Crippen molar-refractivity contribution in [3.63, 3.8) is 0 Å². The van der Waals surface area contributed by atoms with E-state index in [-0.39, 0.29) is 17.1 Å². The zero-order chi connectivity index (χ0) is 21.0. The van der Waals surface area contributed by atoms with Crippen molar-refractivity contribution in [1.29, 1.82) is 0 Å². The van der Waals surface area contributed by atoms with Crippen LogP contribution >= 0.6 is 11.6 Å². The van der Waals surface area contributed by atoms with Crippen molar-refractivity contribution in [1.82, 2.24) is 4.98 Å². The van der Waals surface area contributed by atoms with Gasteiger partial charge in [0.1, 0.15) is 17.3 Å². The number of aromatic nitrogens is 1. The number of nitrogens with zero attached hydrogens (tertiary/aromatic N) is 1. The van der Waals surface area contributed by atoms with Crippen LogP contribution in [0.3, 0.4) is 0 Å². The summed E-state index contributed by atoms with van der Waals surface area (Å²) in [6.45, 7) is 0. The monoisotopic (exact) mass is 425 g/mol. The van der Waals surface area contributed by atoms with E-state index >= 15 is 0 Å². The average Bonchev–Trinajstić information content (AvgIpc) is 2.65. The molecule has 0 atom stereocenters. The largest absolute Gasteiger partial charge is 0.457 e. The molecule has 2 N–H and O–H groups in total. The molecule has 150 valence electrons. The summed E-state index contributed by atoms with van der Waals surface area (Å²) in [5.74, 6) is -0.160. The predicted octanol–water partition coefficient (Wildman–Crippen LogP) is 6.33. The molecule has 10 heteroatoms. The predicted molar refractivity (Wildman–Crippen MR) is 99.8 cm³/mol. The first-order valence-corrected chi connectivity index (χ1v) is 8.42.